The minimum Gasteiger partial charge on any atom is -0.460 e. The van der Waals surface area contributed by atoms with Crippen LogP contribution >= 0.6 is 0 Å². The molecule has 0 saturated heterocycles. The van der Waals surface area contributed by atoms with Gasteiger partial charge in [-0.2, -0.15) is 0 Å². The molecule has 0 amide bonds. The smallest absolute Gasteiger partial charge is 0.460 e. The third-order valence-corrected chi connectivity index (χ3v) is 3.29. The molecule has 0 bridgehead atoms. The molecule has 2 radical (unpaired) electrons. The molecule has 2 aromatic carbocycles. The van der Waals surface area contributed by atoms with Crippen molar-refractivity contribution in [1.82, 2.24) is 0 Å². The van der Waals surface area contributed by atoms with Crippen LogP contribution in [0.2, 0.25) is 0 Å². The maximum atomic E-state index is 5.56. The monoisotopic (exact) mass is 251 g/mol. The van der Waals surface area contributed by atoms with Gasteiger partial charge in [0, 0.05) is 5.56 Å². The van der Waals surface area contributed by atoms with Crippen LogP contribution in [0.4, 0.5) is 0 Å². The van der Waals surface area contributed by atoms with Crippen molar-refractivity contribution in [3.8, 4) is 0 Å². The molecule has 86 valence electrons. The van der Waals surface area contributed by atoms with Gasteiger partial charge in [-0.25, -0.2) is 0 Å². The lowest BCUT2D eigenvalue weighted by Gasteiger charge is -2.06. The van der Waals surface area contributed by atoms with Gasteiger partial charge in [0.15, 0.2) is 0 Å². The zero-order valence-corrected chi connectivity index (χ0v) is 10.7. The summed E-state index contributed by atoms with van der Waals surface area (Å²) in [5.41, 5.74) is 2.14. The van der Waals surface area contributed by atoms with Crippen LogP contribution in [0.25, 0.3) is 5.76 Å². The van der Waals surface area contributed by atoms with E-state index in [2.05, 4.69) is 0 Å². The van der Waals surface area contributed by atoms with E-state index < -0.39 is 0 Å². The van der Waals surface area contributed by atoms with E-state index in [1.807, 2.05) is 66.7 Å². The van der Waals surface area contributed by atoms with E-state index in [-0.39, 0.29) is 10.0 Å². The number of carbonyl (C=O) groups excluding carboxylic acids is 1. The number of allylic oxidation sites excluding steroid dienone is 1. The van der Waals surface area contributed by atoms with Gasteiger partial charge >= 0.3 is 15.8 Å². The molecule has 1 aliphatic heterocycles. The highest BCUT2D eigenvalue weighted by atomic mass is 28.2. The fourth-order valence-corrected chi connectivity index (χ4v) is 2.35. The van der Waals surface area contributed by atoms with Crippen molar-refractivity contribution in [3.63, 3.8) is 0 Å². The molecule has 1 heterocycles. The summed E-state index contributed by atoms with van der Waals surface area (Å²) in [4.78, 5) is 0. The fraction of sp³-hybridized carbons (Fsp3) is 0. The van der Waals surface area contributed by atoms with Gasteiger partial charge in [0.2, 0.25) is 0 Å². The van der Waals surface area contributed by atoms with Gasteiger partial charge in [-0.1, -0.05) is 48.5 Å². The first-order valence-electron chi connectivity index (χ1n) is 5.72. The van der Waals surface area contributed by atoms with Crippen molar-refractivity contribution in [1.29, 1.82) is 0 Å². The molecular weight excluding hydrogens is 240 g/mol. The number of ketones is 1. The Hall–Kier alpha value is -2.13. The van der Waals surface area contributed by atoms with Crippen molar-refractivity contribution < 1.29 is 8.54 Å². The van der Waals surface area contributed by atoms with E-state index in [1.165, 1.54) is 0 Å². The van der Waals surface area contributed by atoms with E-state index >= 15 is 0 Å². The Morgan fingerprint density at radius 3 is 2.06 bits per heavy atom. The maximum Gasteiger partial charge on any atom is 1.03 e. The van der Waals surface area contributed by atoms with Gasteiger partial charge in [-0.15, -0.1) is 0 Å². The molecule has 0 N–H and O–H groups in total. The molecule has 2 aromatic rings. The summed E-state index contributed by atoms with van der Waals surface area (Å²) >= 11 is 0. The highest BCUT2D eigenvalue weighted by Gasteiger charge is 2.27. The summed E-state index contributed by atoms with van der Waals surface area (Å²) < 4.78 is 11.1. The van der Waals surface area contributed by atoms with Crippen LogP contribution in [0.1, 0.15) is 15.2 Å². The van der Waals surface area contributed by atoms with E-state index in [9.17, 15) is 0 Å². The van der Waals surface area contributed by atoms with Crippen molar-refractivity contribution in [3.05, 3.63) is 77.9 Å². The van der Waals surface area contributed by atoms with Crippen LogP contribution in [-0.2, 0) is 4.43 Å². The SMILES string of the molecule is C1=C(c2ccccc2)O[Si][O+]=C1c1ccccc1. The van der Waals surface area contributed by atoms with Crippen LogP contribution in [0.3, 0.4) is 0 Å². The topological polar surface area (TPSA) is 20.5 Å². The van der Waals surface area contributed by atoms with E-state index in [0.29, 0.717) is 0 Å². The molecular formula is C15H11O2Si+. The lowest BCUT2D eigenvalue weighted by atomic mass is 10.1. The molecule has 0 unspecified atom stereocenters. The highest BCUT2D eigenvalue weighted by Crippen LogP contribution is 2.19. The predicted octanol–water partition coefficient (Wildman–Crippen LogP) is 3.01. The summed E-state index contributed by atoms with van der Waals surface area (Å²) in [6, 6.07) is 20.1. The lowest BCUT2D eigenvalue weighted by molar-refractivity contribution is -0.101. The zero-order chi connectivity index (χ0) is 12.2. The third-order valence-electron chi connectivity index (χ3n) is 2.68. The quantitative estimate of drug-likeness (QED) is 0.593. The second-order valence-corrected chi connectivity index (χ2v) is 4.47. The Bertz CT molecular complexity index is 588. The maximum absolute atomic E-state index is 5.56. The number of benzene rings is 2. The Morgan fingerprint density at radius 1 is 0.778 bits per heavy atom. The van der Waals surface area contributed by atoms with Gasteiger partial charge in [0.1, 0.15) is 5.76 Å². The molecule has 3 rings (SSSR count). The third kappa shape index (κ3) is 2.26. The van der Waals surface area contributed by atoms with Crippen molar-refractivity contribution in [2.45, 2.75) is 0 Å². The normalized spacial score (nSPS) is 14.4. The molecule has 0 spiro atoms. The van der Waals surface area contributed by atoms with Gasteiger partial charge < -0.3 is 8.54 Å². The summed E-state index contributed by atoms with van der Waals surface area (Å²) in [6.45, 7) is 0. The highest BCUT2D eigenvalue weighted by molar-refractivity contribution is 6.25. The van der Waals surface area contributed by atoms with Crippen molar-refractivity contribution in [2.24, 2.45) is 0 Å². The first-order chi connectivity index (χ1) is 8.93. The molecule has 0 aliphatic carbocycles. The zero-order valence-electron chi connectivity index (χ0n) is 9.67. The first kappa shape index (κ1) is 11.0. The Morgan fingerprint density at radius 2 is 1.39 bits per heavy atom. The fourth-order valence-electron chi connectivity index (χ4n) is 1.78. The second kappa shape index (κ2) is 5.02. The summed E-state index contributed by atoms with van der Waals surface area (Å²) in [6.07, 6.45) is 1.95. The van der Waals surface area contributed by atoms with Gasteiger partial charge in [-0.3, -0.25) is 0 Å². The standard InChI is InChI=1S/C15H11O2Si/c1-3-7-12(8-4-1)14-11-15(17-18-16-14)13-9-5-2-6-10-13/h1-11H/q+1. The molecule has 0 fully saturated rings. The predicted molar refractivity (Wildman–Crippen MR) is 72.0 cm³/mol. The average molecular weight is 251 g/mol. The van der Waals surface area contributed by atoms with Gasteiger partial charge in [0.05, 0.1) is 11.6 Å². The second-order valence-electron chi connectivity index (χ2n) is 3.89. The van der Waals surface area contributed by atoms with Crippen LogP contribution in [0.15, 0.2) is 66.7 Å². The summed E-state index contributed by atoms with van der Waals surface area (Å²) in [5, 5.41) is 0. The molecule has 2 nitrogen and oxygen atoms in total. The number of rotatable bonds is 2. The van der Waals surface area contributed by atoms with Crippen LogP contribution in [0, 0.1) is 0 Å². The molecule has 0 saturated carbocycles. The minimum atomic E-state index is 0.00807. The lowest BCUT2D eigenvalue weighted by Crippen LogP contribution is -2.10. The Kier molecular flexibility index (Phi) is 3.06. The number of hydrogen-bond acceptors (Lipinski definition) is 1. The molecule has 1 aliphatic rings. The van der Waals surface area contributed by atoms with Crippen LogP contribution in [0.5, 0.6) is 0 Å². The number of hydrogen-bond donors (Lipinski definition) is 0. The molecule has 0 atom stereocenters. The van der Waals surface area contributed by atoms with E-state index in [4.69, 9.17) is 8.54 Å². The van der Waals surface area contributed by atoms with Gasteiger partial charge in [-0.05, 0) is 12.1 Å². The molecule has 18 heavy (non-hydrogen) atoms. The Balaban J connectivity index is 1.95. The largest absolute Gasteiger partial charge is 1.03 e. The van der Waals surface area contributed by atoms with Gasteiger partial charge in [0.25, 0.3) is 0 Å². The summed E-state index contributed by atoms with van der Waals surface area (Å²) in [7, 11) is 0.00807. The minimum absolute atomic E-state index is 0.00807. The average Bonchev–Trinajstić information content (AvgIpc) is 2.49. The first-order valence-corrected chi connectivity index (χ1v) is 6.53. The van der Waals surface area contributed by atoms with Crippen molar-refractivity contribution in [2.75, 3.05) is 0 Å². The van der Waals surface area contributed by atoms with E-state index in [0.717, 1.165) is 22.7 Å². The van der Waals surface area contributed by atoms with Crippen LogP contribution in [-0.4, -0.2) is 15.8 Å². The Labute approximate surface area is 108 Å². The van der Waals surface area contributed by atoms with Crippen LogP contribution < -0.4 is 0 Å². The van der Waals surface area contributed by atoms with E-state index in [1.54, 1.807) is 0 Å². The molecule has 0 aromatic heterocycles. The molecule has 3 heteroatoms. The summed E-state index contributed by atoms with van der Waals surface area (Å²) in [5.74, 6) is 1.72. The van der Waals surface area contributed by atoms with Crippen molar-refractivity contribution >= 4 is 21.5 Å².